The number of ether oxygens (including phenoxy) is 1. The van der Waals surface area contributed by atoms with E-state index in [1.54, 1.807) is 0 Å². The van der Waals surface area contributed by atoms with Gasteiger partial charge in [-0.25, -0.2) is 0 Å². The Bertz CT molecular complexity index is 432. The van der Waals surface area contributed by atoms with E-state index in [0.29, 0.717) is 0 Å². The van der Waals surface area contributed by atoms with Crippen LogP contribution >= 0.6 is 0 Å². The second-order valence-electron chi connectivity index (χ2n) is 5.03. The van der Waals surface area contributed by atoms with Gasteiger partial charge in [-0.1, -0.05) is 24.1 Å². The minimum atomic E-state index is 0.831. The van der Waals surface area contributed by atoms with Crippen molar-refractivity contribution in [3.63, 3.8) is 0 Å². The molecule has 0 fully saturated rings. The summed E-state index contributed by atoms with van der Waals surface area (Å²) in [5, 5.41) is 3.89. The van der Waals surface area contributed by atoms with Crippen LogP contribution in [0.2, 0.25) is 0 Å². The number of nitrogens with zero attached hydrogens (tertiary/aromatic N) is 1. The van der Waals surface area contributed by atoms with Crippen molar-refractivity contribution >= 4 is 0 Å². The highest BCUT2D eigenvalue weighted by Crippen LogP contribution is 2.12. The predicted molar refractivity (Wildman–Crippen MR) is 75.8 cm³/mol. The van der Waals surface area contributed by atoms with E-state index in [9.17, 15) is 0 Å². The highest BCUT2D eigenvalue weighted by atomic mass is 16.5. The molecule has 0 unspecified atom stereocenters. The van der Waals surface area contributed by atoms with Crippen LogP contribution in [0.25, 0.3) is 0 Å². The lowest BCUT2D eigenvalue weighted by Crippen LogP contribution is -1.95. The monoisotopic (exact) mass is 261 g/mol. The van der Waals surface area contributed by atoms with Gasteiger partial charge in [0.25, 0.3) is 0 Å². The lowest BCUT2D eigenvalue weighted by molar-refractivity contribution is 0.214. The van der Waals surface area contributed by atoms with Crippen molar-refractivity contribution in [2.75, 3.05) is 6.61 Å². The minimum Gasteiger partial charge on any atom is -0.494 e. The maximum absolute atomic E-state index is 5.70. The molecule has 1 heterocycles. The van der Waals surface area contributed by atoms with Crippen LogP contribution in [-0.4, -0.2) is 11.8 Å². The van der Waals surface area contributed by atoms with Crippen molar-refractivity contribution in [2.24, 2.45) is 0 Å². The fraction of sp³-hybridized carbons (Fsp3) is 0.562. The van der Waals surface area contributed by atoms with Crippen molar-refractivity contribution in [3.05, 3.63) is 41.5 Å². The van der Waals surface area contributed by atoms with Gasteiger partial charge >= 0.3 is 0 Å². The molecule has 0 bridgehead atoms. The SMILES string of the molecule is Cc1cc(CCCCCCOC2=CCCC=C2)on1. The first-order chi connectivity index (χ1) is 9.34. The van der Waals surface area contributed by atoms with Gasteiger partial charge in [0.2, 0.25) is 0 Å². The largest absolute Gasteiger partial charge is 0.494 e. The average Bonchev–Trinajstić information content (AvgIpc) is 2.85. The molecule has 1 aliphatic carbocycles. The van der Waals surface area contributed by atoms with Gasteiger partial charge in [0.05, 0.1) is 12.3 Å². The summed E-state index contributed by atoms with van der Waals surface area (Å²) in [6, 6.07) is 2.02. The van der Waals surface area contributed by atoms with E-state index in [1.165, 1.54) is 12.8 Å². The topological polar surface area (TPSA) is 35.3 Å². The third-order valence-corrected chi connectivity index (χ3v) is 3.22. The first-order valence-electron chi connectivity index (χ1n) is 7.26. The zero-order valence-electron chi connectivity index (χ0n) is 11.7. The Morgan fingerprint density at radius 1 is 1.21 bits per heavy atom. The van der Waals surface area contributed by atoms with Gasteiger partial charge in [-0.2, -0.15) is 0 Å². The summed E-state index contributed by atoms with van der Waals surface area (Å²) in [5.74, 6) is 2.05. The van der Waals surface area contributed by atoms with Crippen LogP contribution in [0.1, 0.15) is 50.0 Å². The highest BCUT2D eigenvalue weighted by Gasteiger charge is 2.01. The maximum Gasteiger partial charge on any atom is 0.136 e. The normalized spacial score (nSPS) is 14.5. The van der Waals surface area contributed by atoms with Gasteiger partial charge in [-0.15, -0.1) is 0 Å². The van der Waals surface area contributed by atoms with Crippen molar-refractivity contribution in [2.45, 2.75) is 51.9 Å². The molecule has 1 aliphatic rings. The third-order valence-electron chi connectivity index (χ3n) is 3.22. The van der Waals surface area contributed by atoms with Gasteiger partial charge < -0.3 is 9.26 Å². The molecule has 3 heteroatoms. The fourth-order valence-electron chi connectivity index (χ4n) is 2.18. The van der Waals surface area contributed by atoms with Crippen LogP contribution in [0.5, 0.6) is 0 Å². The summed E-state index contributed by atoms with van der Waals surface area (Å²) < 4.78 is 10.9. The molecule has 0 N–H and O–H groups in total. The molecular weight excluding hydrogens is 238 g/mol. The van der Waals surface area contributed by atoms with Crippen molar-refractivity contribution in [1.29, 1.82) is 0 Å². The first-order valence-corrected chi connectivity index (χ1v) is 7.26. The standard InChI is InChI=1S/C16H23NO2/c1-14-13-16(19-17-14)11-5-2-3-8-12-18-15-9-6-4-7-10-15/h6,9-10,13H,2-5,7-8,11-12H2,1H3. The summed E-state index contributed by atoms with van der Waals surface area (Å²) in [7, 11) is 0. The Balaban J connectivity index is 1.46. The lowest BCUT2D eigenvalue weighted by atomic mass is 10.1. The average molecular weight is 261 g/mol. The van der Waals surface area contributed by atoms with E-state index in [1.807, 2.05) is 13.0 Å². The fourth-order valence-corrected chi connectivity index (χ4v) is 2.18. The smallest absolute Gasteiger partial charge is 0.136 e. The maximum atomic E-state index is 5.70. The molecule has 0 atom stereocenters. The predicted octanol–water partition coefficient (Wildman–Crippen LogP) is 4.34. The Morgan fingerprint density at radius 3 is 2.84 bits per heavy atom. The van der Waals surface area contributed by atoms with Gasteiger partial charge in [0.1, 0.15) is 11.5 Å². The molecule has 19 heavy (non-hydrogen) atoms. The molecular formula is C16H23NO2. The molecule has 0 amide bonds. The number of rotatable bonds is 8. The Morgan fingerprint density at radius 2 is 2.11 bits per heavy atom. The van der Waals surface area contributed by atoms with E-state index in [2.05, 4.69) is 23.4 Å². The van der Waals surface area contributed by atoms with Gasteiger partial charge in [0.15, 0.2) is 0 Å². The lowest BCUT2D eigenvalue weighted by Gasteiger charge is -2.09. The summed E-state index contributed by atoms with van der Waals surface area (Å²) in [6.45, 7) is 2.79. The van der Waals surface area contributed by atoms with Crippen LogP contribution in [0.15, 0.2) is 34.6 Å². The van der Waals surface area contributed by atoms with E-state index in [4.69, 9.17) is 9.26 Å². The molecule has 2 rings (SSSR count). The number of unbranched alkanes of at least 4 members (excludes halogenated alkanes) is 3. The summed E-state index contributed by atoms with van der Waals surface area (Å²) in [6.07, 6.45) is 14.4. The molecule has 1 aromatic rings. The molecule has 0 saturated heterocycles. The molecule has 0 spiro atoms. The molecule has 3 nitrogen and oxygen atoms in total. The van der Waals surface area contributed by atoms with E-state index in [0.717, 1.165) is 55.9 Å². The zero-order valence-corrected chi connectivity index (χ0v) is 11.7. The second-order valence-corrected chi connectivity index (χ2v) is 5.03. The van der Waals surface area contributed by atoms with Crippen LogP contribution in [0, 0.1) is 6.92 Å². The number of allylic oxidation sites excluding steroid dienone is 3. The minimum absolute atomic E-state index is 0.831. The molecule has 1 aromatic heterocycles. The molecule has 104 valence electrons. The van der Waals surface area contributed by atoms with Crippen molar-refractivity contribution < 1.29 is 9.26 Å². The van der Waals surface area contributed by atoms with Crippen LogP contribution < -0.4 is 0 Å². The van der Waals surface area contributed by atoms with Gasteiger partial charge in [0, 0.05) is 12.5 Å². The van der Waals surface area contributed by atoms with Crippen LogP contribution in [0.4, 0.5) is 0 Å². The highest BCUT2D eigenvalue weighted by molar-refractivity contribution is 5.15. The number of aryl methyl sites for hydroxylation is 2. The van der Waals surface area contributed by atoms with E-state index >= 15 is 0 Å². The quantitative estimate of drug-likeness (QED) is 0.653. The second kappa shape index (κ2) is 7.82. The van der Waals surface area contributed by atoms with Gasteiger partial charge in [-0.05, 0) is 44.8 Å². The molecule has 0 radical (unpaired) electrons. The Kier molecular flexibility index (Phi) is 5.73. The molecule has 0 aliphatic heterocycles. The zero-order chi connectivity index (χ0) is 13.3. The summed E-state index contributed by atoms with van der Waals surface area (Å²) in [5.41, 5.74) is 0.970. The van der Waals surface area contributed by atoms with Crippen molar-refractivity contribution in [3.8, 4) is 0 Å². The van der Waals surface area contributed by atoms with Gasteiger partial charge in [-0.3, -0.25) is 0 Å². The van der Waals surface area contributed by atoms with Crippen LogP contribution in [0.3, 0.4) is 0 Å². The molecule has 0 aromatic carbocycles. The number of aromatic nitrogens is 1. The Labute approximate surface area is 115 Å². The summed E-state index contributed by atoms with van der Waals surface area (Å²) in [4.78, 5) is 0. The summed E-state index contributed by atoms with van der Waals surface area (Å²) >= 11 is 0. The third kappa shape index (κ3) is 5.33. The first kappa shape index (κ1) is 13.9. The Hall–Kier alpha value is -1.51. The number of hydrogen-bond donors (Lipinski definition) is 0. The van der Waals surface area contributed by atoms with E-state index < -0.39 is 0 Å². The van der Waals surface area contributed by atoms with E-state index in [-0.39, 0.29) is 0 Å². The number of hydrogen-bond acceptors (Lipinski definition) is 3. The van der Waals surface area contributed by atoms with Crippen molar-refractivity contribution in [1.82, 2.24) is 5.16 Å². The molecule has 0 saturated carbocycles. The van der Waals surface area contributed by atoms with Crippen LogP contribution in [-0.2, 0) is 11.2 Å².